The molecule has 0 unspecified atom stereocenters. The molecule has 1 aliphatic heterocycles. The third-order valence-corrected chi connectivity index (χ3v) is 4.52. The molecule has 0 amide bonds. The lowest BCUT2D eigenvalue weighted by molar-refractivity contribution is 0.290. The number of aromatic nitrogens is 2. The van der Waals surface area contributed by atoms with E-state index in [1.807, 2.05) is 67.7 Å². The number of benzene rings is 2. The zero-order valence-electron chi connectivity index (χ0n) is 15.2. The molecule has 0 aliphatic carbocycles. The SMILES string of the molecule is CN1CCCn2c1cc(OCc1ccc(Oc3ccccc3)cc1)nc2=O. The summed E-state index contributed by atoms with van der Waals surface area (Å²) in [6, 6.07) is 19.1. The third-order valence-electron chi connectivity index (χ3n) is 4.52. The second-order valence-corrected chi connectivity index (χ2v) is 6.51. The first-order valence-electron chi connectivity index (χ1n) is 8.97. The van der Waals surface area contributed by atoms with Crippen LogP contribution in [0, 0.1) is 0 Å². The monoisotopic (exact) mass is 363 g/mol. The number of rotatable bonds is 5. The highest BCUT2D eigenvalue weighted by Gasteiger charge is 2.17. The fraction of sp³-hybridized carbons (Fsp3) is 0.238. The van der Waals surface area contributed by atoms with Crippen LogP contribution < -0.4 is 20.1 Å². The zero-order valence-corrected chi connectivity index (χ0v) is 15.2. The van der Waals surface area contributed by atoms with E-state index in [1.165, 1.54) is 0 Å². The number of anilines is 1. The number of fused-ring (bicyclic) bond motifs is 1. The molecule has 0 bridgehead atoms. The van der Waals surface area contributed by atoms with Gasteiger partial charge in [-0.3, -0.25) is 4.57 Å². The van der Waals surface area contributed by atoms with E-state index in [4.69, 9.17) is 9.47 Å². The molecule has 0 radical (unpaired) electrons. The van der Waals surface area contributed by atoms with Crippen molar-refractivity contribution in [3.63, 3.8) is 0 Å². The quantitative estimate of drug-likeness (QED) is 0.695. The van der Waals surface area contributed by atoms with Gasteiger partial charge >= 0.3 is 5.69 Å². The molecule has 1 aliphatic rings. The van der Waals surface area contributed by atoms with E-state index >= 15 is 0 Å². The predicted octanol–water partition coefficient (Wildman–Crippen LogP) is 3.45. The van der Waals surface area contributed by atoms with Crippen LogP contribution in [-0.2, 0) is 13.2 Å². The molecule has 2 heterocycles. The van der Waals surface area contributed by atoms with Crippen molar-refractivity contribution >= 4 is 5.82 Å². The normalized spacial score (nSPS) is 13.1. The summed E-state index contributed by atoms with van der Waals surface area (Å²) < 4.78 is 13.2. The maximum absolute atomic E-state index is 12.2. The minimum Gasteiger partial charge on any atom is -0.473 e. The van der Waals surface area contributed by atoms with Crippen molar-refractivity contribution in [2.45, 2.75) is 19.6 Å². The van der Waals surface area contributed by atoms with Crippen molar-refractivity contribution in [1.82, 2.24) is 9.55 Å². The first-order chi connectivity index (χ1) is 13.2. The highest BCUT2D eigenvalue weighted by Crippen LogP contribution is 2.23. The molecule has 0 saturated carbocycles. The minimum absolute atomic E-state index is 0.263. The van der Waals surface area contributed by atoms with Gasteiger partial charge in [0, 0.05) is 26.2 Å². The van der Waals surface area contributed by atoms with Gasteiger partial charge in [0.05, 0.1) is 0 Å². The van der Waals surface area contributed by atoms with Crippen molar-refractivity contribution in [2.75, 3.05) is 18.5 Å². The van der Waals surface area contributed by atoms with Crippen LogP contribution >= 0.6 is 0 Å². The number of para-hydroxylation sites is 1. The number of hydrogen-bond donors (Lipinski definition) is 0. The second kappa shape index (κ2) is 7.53. The third kappa shape index (κ3) is 3.95. The zero-order chi connectivity index (χ0) is 18.6. The first kappa shape index (κ1) is 17.1. The fourth-order valence-electron chi connectivity index (χ4n) is 3.09. The van der Waals surface area contributed by atoms with Crippen LogP contribution in [0.4, 0.5) is 5.82 Å². The number of hydrogen-bond acceptors (Lipinski definition) is 5. The van der Waals surface area contributed by atoms with E-state index in [0.717, 1.165) is 35.8 Å². The Morgan fingerprint density at radius 3 is 2.52 bits per heavy atom. The molecule has 0 saturated heterocycles. The number of ether oxygens (including phenoxy) is 2. The molecule has 6 heteroatoms. The van der Waals surface area contributed by atoms with E-state index in [9.17, 15) is 4.79 Å². The lowest BCUT2D eigenvalue weighted by Gasteiger charge is -2.28. The summed E-state index contributed by atoms with van der Waals surface area (Å²) >= 11 is 0. The van der Waals surface area contributed by atoms with Gasteiger partial charge in [-0.25, -0.2) is 4.79 Å². The Kier molecular flexibility index (Phi) is 4.78. The molecule has 3 aromatic rings. The van der Waals surface area contributed by atoms with Gasteiger partial charge in [0.1, 0.15) is 23.9 Å². The largest absolute Gasteiger partial charge is 0.473 e. The molecule has 2 aromatic carbocycles. The van der Waals surface area contributed by atoms with Gasteiger partial charge in [0.2, 0.25) is 5.88 Å². The van der Waals surface area contributed by atoms with E-state index in [-0.39, 0.29) is 5.69 Å². The molecule has 27 heavy (non-hydrogen) atoms. The Morgan fingerprint density at radius 2 is 1.74 bits per heavy atom. The summed E-state index contributed by atoms with van der Waals surface area (Å²) in [6.45, 7) is 1.96. The lowest BCUT2D eigenvalue weighted by atomic mass is 10.2. The Labute approximate surface area is 157 Å². The van der Waals surface area contributed by atoms with Crippen LogP contribution in [0.1, 0.15) is 12.0 Å². The molecular weight excluding hydrogens is 342 g/mol. The van der Waals surface area contributed by atoms with Gasteiger partial charge in [-0.2, -0.15) is 4.98 Å². The van der Waals surface area contributed by atoms with Crippen molar-refractivity contribution in [2.24, 2.45) is 0 Å². The summed E-state index contributed by atoms with van der Waals surface area (Å²) in [5.74, 6) is 2.76. The van der Waals surface area contributed by atoms with Gasteiger partial charge in [0.15, 0.2) is 0 Å². The molecular formula is C21H21N3O3. The van der Waals surface area contributed by atoms with Crippen LogP contribution in [0.2, 0.25) is 0 Å². The van der Waals surface area contributed by atoms with E-state index in [0.29, 0.717) is 19.0 Å². The summed E-state index contributed by atoms with van der Waals surface area (Å²) in [5.41, 5.74) is 0.712. The molecule has 1 aromatic heterocycles. The molecule has 0 spiro atoms. The Balaban J connectivity index is 1.42. The van der Waals surface area contributed by atoms with Gasteiger partial charge < -0.3 is 14.4 Å². The molecule has 4 rings (SSSR count). The first-order valence-corrected chi connectivity index (χ1v) is 8.97. The predicted molar refractivity (Wildman–Crippen MR) is 104 cm³/mol. The van der Waals surface area contributed by atoms with Crippen LogP contribution in [0.15, 0.2) is 65.5 Å². The summed E-state index contributed by atoms with van der Waals surface area (Å²) in [6.07, 6.45) is 0.947. The van der Waals surface area contributed by atoms with E-state index in [2.05, 4.69) is 9.88 Å². The van der Waals surface area contributed by atoms with Crippen molar-refractivity contribution in [3.8, 4) is 17.4 Å². The van der Waals surface area contributed by atoms with Gasteiger partial charge in [-0.15, -0.1) is 0 Å². The number of nitrogens with zero attached hydrogens (tertiary/aromatic N) is 3. The van der Waals surface area contributed by atoms with Crippen molar-refractivity contribution in [1.29, 1.82) is 0 Å². The van der Waals surface area contributed by atoms with E-state index < -0.39 is 0 Å². The molecule has 138 valence electrons. The summed E-state index contributed by atoms with van der Waals surface area (Å²) in [5, 5.41) is 0. The molecule has 0 atom stereocenters. The van der Waals surface area contributed by atoms with Gasteiger partial charge in [0.25, 0.3) is 0 Å². The average molecular weight is 363 g/mol. The highest BCUT2D eigenvalue weighted by molar-refractivity contribution is 5.42. The summed E-state index contributed by atoms with van der Waals surface area (Å²) in [7, 11) is 1.97. The topological polar surface area (TPSA) is 56.6 Å². The van der Waals surface area contributed by atoms with Crippen molar-refractivity contribution < 1.29 is 9.47 Å². The summed E-state index contributed by atoms with van der Waals surface area (Å²) in [4.78, 5) is 18.3. The highest BCUT2D eigenvalue weighted by atomic mass is 16.5. The second-order valence-electron chi connectivity index (χ2n) is 6.51. The van der Waals surface area contributed by atoms with Crippen LogP contribution in [0.3, 0.4) is 0 Å². The lowest BCUT2D eigenvalue weighted by Crippen LogP contribution is -2.36. The molecule has 0 N–H and O–H groups in total. The smallest absolute Gasteiger partial charge is 0.352 e. The van der Waals surface area contributed by atoms with Crippen LogP contribution in [0.5, 0.6) is 17.4 Å². The standard InChI is InChI=1S/C21H21N3O3/c1-23-12-5-13-24-20(23)14-19(22-21(24)25)26-15-16-8-10-18(11-9-16)27-17-6-3-2-4-7-17/h2-4,6-11,14H,5,12-13,15H2,1H3. The minimum atomic E-state index is -0.263. The Morgan fingerprint density at radius 1 is 1.00 bits per heavy atom. The van der Waals surface area contributed by atoms with Gasteiger partial charge in [-0.1, -0.05) is 30.3 Å². The Hall–Kier alpha value is -3.28. The molecule has 0 fully saturated rings. The van der Waals surface area contributed by atoms with Crippen LogP contribution in [0.25, 0.3) is 0 Å². The average Bonchev–Trinajstić information content (AvgIpc) is 2.69. The van der Waals surface area contributed by atoms with Crippen molar-refractivity contribution in [3.05, 3.63) is 76.7 Å². The van der Waals surface area contributed by atoms with Crippen LogP contribution in [-0.4, -0.2) is 23.1 Å². The maximum atomic E-state index is 12.2. The van der Waals surface area contributed by atoms with E-state index in [1.54, 1.807) is 4.57 Å². The Bertz CT molecular complexity index is 968. The molecule has 6 nitrogen and oxygen atoms in total. The fourth-order valence-corrected chi connectivity index (χ4v) is 3.09. The maximum Gasteiger partial charge on any atom is 0.352 e. The van der Waals surface area contributed by atoms with Gasteiger partial charge in [-0.05, 0) is 36.2 Å².